The van der Waals surface area contributed by atoms with Crippen molar-refractivity contribution in [3.63, 3.8) is 0 Å². The van der Waals surface area contributed by atoms with Crippen LogP contribution in [0.4, 0.5) is 13.6 Å². The fraction of sp³-hybridized carbons (Fsp3) is 0.333. The molecule has 2 N–H and O–H groups in total. The Morgan fingerprint density at radius 3 is 2.81 bits per heavy atom. The molecule has 3 aromatic rings. The van der Waals surface area contributed by atoms with Crippen LogP contribution >= 0.6 is 11.6 Å². The second-order valence-electron chi connectivity index (χ2n) is 8.74. The minimum atomic E-state index is -2.87. The lowest BCUT2D eigenvalue weighted by atomic mass is 10.0. The Balaban J connectivity index is 1.42. The number of ether oxygens (including phenoxy) is 2. The van der Waals surface area contributed by atoms with Crippen molar-refractivity contribution in [1.29, 1.82) is 0 Å². The third kappa shape index (κ3) is 5.29. The fourth-order valence-corrected chi connectivity index (χ4v) is 4.52. The summed E-state index contributed by atoms with van der Waals surface area (Å²) in [5.74, 6) is -0.505. The van der Waals surface area contributed by atoms with Gasteiger partial charge in [-0.2, -0.15) is 13.9 Å². The van der Waals surface area contributed by atoms with Gasteiger partial charge in [-0.05, 0) is 17.7 Å². The molecule has 0 bridgehead atoms. The van der Waals surface area contributed by atoms with Crippen molar-refractivity contribution in [1.82, 2.24) is 25.0 Å². The number of alkyl halides is 2. The van der Waals surface area contributed by atoms with Gasteiger partial charge < -0.3 is 24.7 Å². The van der Waals surface area contributed by atoms with E-state index in [4.69, 9.17) is 21.1 Å². The predicted octanol–water partition coefficient (Wildman–Crippen LogP) is 3.58. The van der Waals surface area contributed by atoms with Gasteiger partial charge in [0.05, 0.1) is 17.9 Å². The van der Waals surface area contributed by atoms with Crippen LogP contribution in [-0.4, -0.2) is 57.0 Å². The molecular weight excluding hydrogens is 512 g/mol. The number of carbonyl (C=O) groups excluding carboxylic acids is 2. The van der Waals surface area contributed by atoms with Crippen LogP contribution < -0.4 is 15.6 Å². The summed E-state index contributed by atoms with van der Waals surface area (Å²) in [6, 6.07) is 8.01. The van der Waals surface area contributed by atoms with Crippen LogP contribution in [-0.2, 0) is 11.3 Å². The number of hydrogen-bond donors (Lipinski definition) is 2. The molecule has 0 aliphatic carbocycles. The molecule has 0 saturated carbocycles. The van der Waals surface area contributed by atoms with Gasteiger partial charge in [0.15, 0.2) is 0 Å². The van der Waals surface area contributed by atoms with E-state index in [1.54, 1.807) is 29.2 Å². The summed E-state index contributed by atoms with van der Waals surface area (Å²) in [4.78, 5) is 41.8. The van der Waals surface area contributed by atoms with Gasteiger partial charge in [0.1, 0.15) is 24.0 Å². The summed E-state index contributed by atoms with van der Waals surface area (Å²) in [5, 5.41) is 6.87. The van der Waals surface area contributed by atoms with E-state index in [9.17, 15) is 23.2 Å². The van der Waals surface area contributed by atoms with Gasteiger partial charge in [0.2, 0.25) is 0 Å². The average molecular weight is 534 g/mol. The molecule has 2 aromatic heterocycles. The predicted molar refractivity (Wildman–Crippen MR) is 128 cm³/mol. The largest absolute Gasteiger partial charge is 0.488 e. The maximum atomic E-state index is 13.1. The van der Waals surface area contributed by atoms with E-state index in [1.807, 2.05) is 0 Å². The minimum absolute atomic E-state index is 0.118. The second kappa shape index (κ2) is 10.2. The van der Waals surface area contributed by atoms with E-state index in [1.165, 1.54) is 12.3 Å². The van der Waals surface area contributed by atoms with Crippen molar-refractivity contribution in [2.75, 3.05) is 13.2 Å². The van der Waals surface area contributed by atoms with Gasteiger partial charge in [-0.1, -0.05) is 23.7 Å². The Kier molecular flexibility index (Phi) is 6.83. The van der Waals surface area contributed by atoms with Crippen molar-refractivity contribution >= 4 is 23.6 Å². The van der Waals surface area contributed by atoms with Crippen molar-refractivity contribution in [2.24, 2.45) is 0 Å². The molecule has 2 fully saturated rings. The zero-order chi connectivity index (χ0) is 26.1. The minimum Gasteiger partial charge on any atom is -0.488 e. The molecule has 2 aliphatic rings. The second-order valence-corrected chi connectivity index (χ2v) is 9.17. The third-order valence-electron chi connectivity index (χ3n) is 6.30. The number of piperidine rings is 1. The highest BCUT2D eigenvalue weighted by molar-refractivity contribution is 6.30. The van der Waals surface area contributed by atoms with Gasteiger partial charge in [0, 0.05) is 48.8 Å². The summed E-state index contributed by atoms with van der Waals surface area (Å²) < 4.78 is 38.0. The first-order valence-electron chi connectivity index (χ1n) is 11.5. The summed E-state index contributed by atoms with van der Waals surface area (Å²) in [5.41, 5.74) is 0.169. The number of aromatic nitrogens is 3. The van der Waals surface area contributed by atoms with E-state index >= 15 is 0 Å². The number of nitrogens with zero attached hydrogens (tertiary/aromatic N) is 3. The highest BCUT2D eigenvalue weighted by Gasteiger charge is 2.39. The Morgan fingerprint density at radius 1 is 1.30 bits per heavy atom. The van der Waals surface area contributed by atoms with E-state index in [0.29, 0.717) is 29.1 Å². The van der Waals surface area contributed by atoms with Gasteiger partial charge in [-0.25, -0.2) is 9.48 Å². The third-order valence-corrected chi connectivity index (χ3v) is 6.55. The quantitative estimate of drug-likeness (QED) is 0.479. The van der Waals surface area contributed by atoms with Crippen molar-refractivity contribution < 1.29 is 27.8 Å². The number of nitrogens with one attached hydrogen (secondary N) is 2. The maximum Gasteiger partial charge on any atom is 0.410 e. The van der Waals surface area contributed by atoms with Gasteiger partial charge in [-0.15, -0.1) is 0 Å². The van der Waals surface area contributed by atoms with Crippen LogP contribution in [0.3, 0.4) is 0 Å². The van der Waals surface area contributed by atoms with Crippen molar-refractivity contribution in [3.05, 3.63) is 69.2 Å². The van der Waals surface area contributed by atoms with Gasteiger partial charge in [0.25, 0.3) is 11.5 Å². The molecule has 1 unspecified atom stereocenters. The van der Waals surface area contributed by atoms with Crippen LogP contribution in [0.25, 0.3) is 11.3 Å². The van der Waals surface area contributed by atoms with Gasteiger partial charge >= 0.3 is 12.6 Å². The average Bonchev–Trinajstić information content (AvgIpc) is 3.52. The molecule has 0 spiro atoms. The number of pyridine rings is 1. The fourth-order valence-electron chi connectivity index (χ4n) is 4.39. The molecule has 2 atom stereocenters. The number of carbonyl (C=O) groups is 2. The van der Waals surface area contributed by atoms with Crippen molar-refractivity contribution in [3.8, 4) is 17.0 Å². The summed E-state index contributed by atoms with van der Waals surface area (Å²) in [7, 11) is 0. The first-order valence-corrected chi connectivity index (χ1v) is 11.9. The summed E-state index contributed by atoms with van der Waals surface area (Å²) >= 11 is 5.89. The standard InChI is InChI=1S/C24H22ClF2N5O5/c25-15-3-1-13(2-4-15)9-28-21(33)18-8-19(37-17-5-6-31-16(7-17)12-36-24(31)35)20(30-22(18)34)14-10-29-32(11-14)23(26)27/h1-4,8,10-11,16-17,23H,5-7,9,12H2,(H,28,33)(H,30,34)/t16-,17?/m0/s1. The van der Waals surface area contributed by atoms with Gasteiger partial charge in [-0.3, -0.25) is 9.59 Å². The lowest BCUT2D eigenvalue weighted by Gasteiger charge is -2.32. The molecule has 2 aliphatic heterocycles. The van der Waals surface area contributed by atoms with Crippen LogP contribution in [0.5, 0.6) is 5.75 Å². The highest BCUT2D eigenvalue weighted by Crippen LogP contribution is 2.32. The number of halogens is 3. The van der Waals surface area contributed by atoms with E-state index in [-0.39, 0.29) is 54.0 Å². The number of H-pyrrole nitrogens is 1. The maximum absolute atomic E-state index is 13.1. The number of aromatic amines is 1. The van der Waals surface area contributed by atoms with Crippen LogP contribution in [0, 0.1) is 0 Å². The Hall–Kier alpha value is -3.93. The zero-order valence-corrected chi connectivity index (χ0v) is 20.1. The normalized spacial score (nSPS) is 19.0. The topological polar surface area (TPSA) is 119 Å². The molecule has 5 rings (SSSR count). The first-order chi connectivity index (χ1) is 17.8. The zero-order valence-electron chi connectivity index (χ0n) is 19.3. The number of cyclic esters (lactones) is 1. The Labute approximate surface area is 214 Å². The number of hydrogen-bond acceptors (Lipinski definition) is 6. The molecule has 194 valence electrons. The first kappa shape index (κ1) is 24.8. The Bertz CT molecular complexity index is 1380. The number of rotatable bonds is 7. The monoisotopic (exact) mass is 533 g/mol. The summed E-state index contributed by atoms with van der Waals surface area (Å²) in [6.07, 6.45) is 2.48. The van der Waals surface area contributed by atoms with Crippen molar-refractivity contribution in [2.45, 2.75) is 38.1 Å². The molecule has 2 amide bonds. The lowest BCUT2D eigenvalue weighted by Crippen LogP contribution is -2.44. The van der Waals surface area contributed by atoms with E-state index < -0.39 is 18.0 Å². The number of benzene rings is 1. The Morgan fingerprint density at radius 2 is 2.08 bits per heavy atom. The lowest BCUT2D eigenvalue weighted by molar-refractivity contribution is 0.0566. The molecular formula is C24H22ClF2N5O5. The molecule has 2 saturated heterocycles. The van der Waals surface area contributed by atoms with E-state index in [0.717, 1.165) is 11.8 Å². The summed E-state index contributed by atoms with van der Waals surface area (Å²) in [6.45, 7) is -2.05. The molecule has 13 heteroatoms. The molecule has 1 aromatic carbocycles. The molecule has 10 nitrogen and oxygen atoms in total. The smallest absolute Gasteiger partial charge is 0.410 e. The molecule has 0 radical (unpaired) electrons. The van der Waals surface area contributed by atoms with E-state index in [2.05, 4.69) is 15.4 Å². The van der Waals surface area contributed by atoms with Crippen LogP contribution in [0.1, 0.15) is 35.3 Å². The highest BCUT2D eigenvalue weighted by atomic mass is 35.5. The molecule has 4 heterocycles. The SMILES string of the molecule is O=C(NCc1ccc(Cl)cc1)c1cc(OC2CCN3C(=O)OC[C@@H]3C2)c(-c2cnn(C(F)F)c2)[nH]c1=O. The van der Waals surface area contributed by atoms with Crippen LogP contribution in [0.2, 0.25) is 5.02 Å². The number of amides is 2. The number of fused-ring (bicyclic) bond motifs is 1. The molecule has 37 heavy (non-hydrogen) atoms. The van der Waals surface area contributed by atoms with Crippen LogP contribution in [0.15, 0.2) is 47.5 Å².